The Labute approximate surface area is 162 Å². The summed E-state index contributed by atoms with van der Waals surface area (Å²) in [6, 6.07) is 9.19. The van der Waals surface area contributed by atoms with Crippen LogP contribution in [0.5, 0.6) is 5.88 Å². The second-order valence-corrected chi connectivity index (χ2v) is 6.52. The molecule has 0 atom stereocenters. The summed E-state index contributed by atoms with van der Waals surface area (Å²) < 4.78 is 6.73. The molecule has 0 spiro atoms. The molecule has 1 amide bonds. The van der Waals surface area contributed by atoms with Crippen LogP contribution in [0.1, 0.15) is 16.1 Å². The van der Waals surface area contributed by atoms with Crippen molar-refractivity contribution in [3.05, 3.63) is 54.0 Å². The maximum absolute atomic E-state index is 12.6. The normalized spacial score (nSPS) is 14.2. The summed E-state index contributed by atoms with van der Waals surface area (Å²) in [6.45, 7) is 4.56. The predicted octanol–water partition coefficient (Wildman–Crippen LogP) is 1.34. The molecule has 0 bridgehead atoms. The lowest BCUT2D eigenvalue weighted by molar-refractivity contribution is 0.0746. The first kappa shape index (κ1) is 17.9. The summed E-state index contributed by atoms with van der Waals surface area (Å²) in [7, 11) is 1.55. The van der Waals surface area contributed by atoms with Crippen molar-refractivity contribution in [2.75, 3.05) is 38.2 Å². The molecular weight excluding hydrogens is 358 g/mol. The molecule has 9 heteroatoms. The molecule has 0 saturated carbocycles. The van der Waals surface area contributed by atoms with E-state index in [0.29, 0.717) is 43.4 Å². The average molecular weight is 379 g/mol. The maximum atomic E-state index is 12.6. The summed E-state index contributed by atoms with van der Waals surface area (Å²) in [4.78, 5) is 20.7. The summed E-state index contributed by atoms with van der Waals surface area (Å²) in [5.41, 5.74) is 1.49. The van der Waals surface area contributed by atoms with Gasteiger partial charge in [-0.3, -0.25) is 4.79 Å². The van der Waals surface area contributed by atoms with E-state index in [4.69, 9.17) is 4.74 Å². The Balaban J connectivity index is 1.37. The number of ether oxygens (including phenoxy) is 1. The van der Waals surface area contributed by atoms with E-state index in [2.05, 4.69) is 25.2 Å². The third-order valence-corrected chi connectivity index (χ3v) is 4.68. The van der Waals surface area contributed by atoms with Crippen molar-refractivity contribution in [3.8, 4) is 11.7 Å². The predicted molar refractivity (Wildman–Crippen MR) is 103 cm³/mol. The summed E-state index contributed by atoms with van der Waals surface area (Å²) in [5.74, 6) is 1.95. The third-order valence-electron chi connectivity index (χ3n) is 4.68. The van der Waals surface area contributed by atoms with Gasteiger partial charge in [-0.2, -0.15) is 5.10 Å². The Morgan fingerprint density at radius 1 is 1.00 bits per heavy atom. The Morgan fingerprint density at radius 2 is 1.75 bits per heavy atom. The molecule has 3 aromatic heterocycles. The summed E-state index contributed by atoms with van der Waals surface area (Å²) in [6.07, 6.45) is 3.41. The van der Waals surface area contributed by atoms with Gasteiger partial charge in [0.2, 0.25) is 5.88 Å². The molecule has 0 aliphatic carbocycles. The lowest BCUT2D eigenvalue weighted by Gasteiger charge is -2.35. The first-order valence-electron chi connectivity index (χ1n) is 9.05. The second-order valence-electron chi connectivity index (χ2n) is 6.52. The number of aryl methyl sites for hydroxylation is 1. The average Bonchev–Trinajstić information content (AvgIpc) is 3.20. The first-order valence-corrected chi connectivity index (χ1v) is 9.05. The van der Waals surface area contributed by atoms with Gasteiger partial charge in [-0.25, -0.2) is 9.67 Å². The van der Waals surface area contributed by atoms with Crippen molar-refractivity contribution in [3.63, 3.8) is 0 Å². The van der Waals surface area contributed by atoms with Gasteiger partial charge in [-0.1, -0.05) is 0 Å². The highest BCUT2D eigenvalue weighted by Gasteiger charge is 2.23. The number of nitrogens with zero attached hydrogens (tertiary/aromatic N) is 7. The molecule has 9 nitrogen and oxygen atoms in total. The van der Waals surface area contributed by atoms with E-state index in [0.717, 1.165) is 11.5 Å². The number of anilines is 1. The number of hydrogen-bond donors (Lipinski definition) is 0. The zero-order valence-electron chi connectivity index (χ0n) is 15.8. The molecule has 1 aliphatic rings. The third kappa shape index (κ3) is 3.64. The number of rotatable bonds is 4. The van der Waals surface area contributed by atoms with Crippen LogP contribution in [0.15, 0.2) is 42.7 Å². The van der Waals surface area contributed by atoms with Crippen LogP contribution in [-0.4, -0.2) is 69.1 Å². The molecule has 0 unspecified atom stereocenters. The first-order chi connectivity index (χ1) is 13.6. The van der Waals surface area contributed by atoms with Crippen molar-refractivity contribution in [1.29, 1.82) is 0 Å². The smallest absolute Gasteiger partial charge is 0.255 e. The van der Waals surface area contributed by atoms with Crippen molar-refractivity contribution in [1.82, 2.24) is 29.9 Å². The molecule has 0 radical (unpaired) electrons. The highest BCUT2D eigenvalue weighted by atomic mass is 16.5. The quantitative estimate of drug-likeness (QED) is 0.676. The van der Waals surface area contributed by atoms with Crippen LogP contribution in [0.25, 0.3) is 5.82 Å². The van der Waals surface area contributed by atoms with Crippen molar-refractivity contribution >= 4 is 11.7 Å². The fourth-order valence-corrected chi connectivity index (χ4v) is 3.10. The SMILES string of the molecule is COc1ccc(C(=O)N2CCN(c3ccc(-n4ccc(C)n4)nn3)CC2)cn1. The fraction of sp³-hybridized carbons (Fsp3) is 0.316. The van der Waals surface area contributed by atoms with Gasteiger partial charge in [-0.15, -0.1) is 10.2 Å². The highest BCUT2D eigenvalue weighted by Crippen LogP contribution is 2.16. The molecule has 3 aromatic rings. The van der Waals surface area contributed by atoms with Crippen molar-refractivity contribution in [2.24, 2.45) is 0 Å². The lowest BCUT2D eigenvalue weighted by Crippen LogP contribution is -2.49. The molecule has 1 saturated heterocycles. The summed E-state index contributed by atoms with van der Waals surface area (Å²) >= 11 is 0. The summed E-state index contributed by atoms with van der Waals surface area (Å²) in [5, 5.41) is 12.9. The molecule has 0 aromatic carbocycles. The number of piperazine rings is 1. The van der Waals surface area contributed by atoms with Gasteiger partial charge in [0.1, 0.15) is 0 Å². The zero-order chi connectivity index (χ0) is 19.5. The minimum atomic E-state index is -0.0229. The number of aromatic nitrogens is 5. The van der Waals surface area contributed by atoms with E-state index in [-0.39, 0.29) is 5.91 Å². The number of carbonyl (C=O) groups is 1. The zero-order valence-corrected chi connectivity index (χ0v) is 15.8. The fourth-order valence-electron chi connectivity index (χ4n) is 3.10. The van der Waals surface area contributed by atoms with Crippen molar-refractivity contribution < 1.29 is 9.53 Å². The van der Waals surface area contributed by atoms with E-state index < -0.39 is 0 Å². The van der Waals surface area contributed by atoms with E-state index >= 15 is 0 Å². The van der Waals surface area contributed by atoms with Gasteiger partial charge >= 0.3 is 0 Å². The second kappa shape index (κ2) is 7.63. The minimum Gasteiger partial charge on any atom is -0.481 e. The van der Waals surface area contributed by atoms with Crippen LogP contribution in [0, 0.1) is 6.92 Å². The minimum absolute atomic E-state index is 0.0229. The standard InChI is InChI=1S/C19H21N7O2/c1-14-7-8-26(23-14)17-5-4-16(21-22-17)24-9-11-25(12-10-24)19(27)15-3-6-18(28-2)20-13-15/h3-8,13H,9-12H2,1-2H3. The lowest BCUT2D eigenvalue weighted by atomic mass is 10.2. The Kier molecular flexibility index (Phi) is 4.88. The number of carbonyl (C=O) groups excluding carboxylic acids is 1. The van der Waals surface area contributed by atoms with Crippen LogP contribution in [0.4, 0.5) is 5.82 Å². The molecular formula is C19H21N7O2. The van der Waals surface area contributed by atoms with Gasteiger partial charge < -0.3 is 14.5 Å². The van der Waals surface area contributed by atoms with Gasteiger partial charge in [0.25, 0.3) is 5.91 Å². The van der Waals surface area contributed by atoms with Gasteiger partial charge in [0, 0.05) is 44.6 Å². The van der Waals surface area contributed by atoms with Crippen LogP contribution >= 0.6 is 0 Å². The highest BCUT2D eigenvalue weighted by molar-refractivity contribution is 5.94. The van der Waals surface area contributed by atoms with E-state index in [1.807, 2.05) is 36.2 Å². The van der Waals surface area contributed by atoms with Gasteiger partial charge in [-0.05, 0) is 31.2 Å². The molecule has 0 N–H and O–H groups in total. The Bertz CT molecular complexity index is 945. The largest absolute Gasteiger partial charge is 0.481 e. The number of pyridine rings is 1. The monoisotopic (exact) mass is 379 g/mol. The number of amides is 1. The molecule has 28 heavy (non-hydrogen) atoms. The molecule has 4 heterocycles. The number of hydrogen-bond acceptors (Lipinski definition) is 7. The molecule has 1 fully saturated rings. The van der Waals surface area contributed by atoms with Crippen LogP contribution < -0.4 is 9.64 Å². The van der Waals surface area contributed by atoms with E-state index in [1.165, 1.54) is 0 Å². The maximum Gasteiger partial charge on any atom is 0.255 e. The van der Waals surface area contributed by atoms with E-state index in [9.17, 15) is 4.79 Å². The van der Waals surface area contributed by atoms with Crippen LogP contribution in [0.3, 0.4) is 0 Å². The van der Waals surface area contributed by atoms with E-state index in [1.54, 1.807) is 30.1 Å². The van der Waals surface area contributed by atoms with Crippen molar-refractivity contribution in [2.45, 2.75) is 6.92 Å². The van der Waals surface area contributed by atoms with Gasteiger partial charge in [0.05, 0.1) is 18.4 Å². The molecule has 4 rings (SSSR count). The number of methoxy groups -OCH3 is 1. The molecule has 1 aliphatic heterocycles. The van der Waals surface area contributed by atoms with Gasteiger partial charge in [0.15, 0.2) is 11.6 Å². The van der Waals surface area contributed by atoms with Crippen LogP contribution in [-0.2, 0) is 0 Å². The molecule has 144 valence electrons. The topological polar surface area (TPSA) is 89.3 Å². The Hall–Kier alpha value is -3.49. The Morgan fingerprint density at radius 3 is 2.32 bits per heavy atom. The van der Waals surface area contributed by atoms with Crippen LogP contribution in [0.2, 0.25) is 0 Å².